The summed E-state index contributed by atoms with van der Waals surface area (Å²) in [5, 5.41) is 4.44. The number of amides is 1. The molecule has 1 amide bonds. The Labute approximate surface area is 118 Å². The fourth-order valence-electron chi connectivity index (χ4n) is 2.62. The van der Waals surface area contributed by atoms with E-state index in [9.17, 15) is 4.79 Å². The Hall–Kier alpha value is -2.17. The summed E-state index contributed by atoms with van der Waals surface area (Å²) in [4.78, 5) is 17.8. The number of fused-ring (bicyclic) bond motifs is 1. The molecule has 5 heteroatoms. The molecule has 0 radical (unpaired) electrons. The van der Waals surface area contributed by atoms with Gasteiger partial charge in [0.15, 0.2) is 0 Å². The van der Waals surface area contributed by atoms with Crippen molar-refractivity contribution >= 4 is 5.91 Å². The van der Waals surface area contributed by atoms with Crippen molar-refractivity contribution in [2.75, 3.05) is 14.1 Å². The summed E-state index contributed by atoms with van der Waals surface area (Å²) >= 11 is 0. The van der Waals surface area contributed by atoms with Crippen molar-refractivity contribution < 1.29 is 4.79 Å². The van der Waals surface area contributed by atoms with E-state index in [2.05, 4.69) is 14.8 Å². The lowest BCUT2D eigenvalue weighted by atomic mass is 10.0. The van der Waals surface area contributed by atoms with Crippen LogP contribution in [0.3, 0.4) is 0 Å². The van der Waals surface area contributed by atoms with Crippen LogP contribution in [0.15, 0.2) is 24.7 Å². The van der Waals surface area contributed by atoms with Gasteiger partial charge in [-0.25, -0.2) is 0 Å². The van der Waals surface area contributed by atoms with Gasteiger partial charge in [0, 0.05) is 49.9 Å². The summed E-state index contributed by atoms with van der Waals surface area (Å²) in [6, 6.07) is 1.90. The van der Waals surface area contributed by atoms with Gasteiger partial charge in [0.1, 0.15) is 0 Å². The summed E-state index contributed by atoms with van der Waals surface area (Å²) in [6.45, 7) is 0.985. The minimum Gasteiger partial charge on any atom is -0.345 e. The van der Waals surface area contributed by atoms with E-state index in [4.69, 9.17) is 0 Å². The second kappa shape index (κ2) is 5.07. The number of hydrogen-bond acceptors (Lipinski definition) is 3. The fourth-order valence-corrected chi connectivity index (χ4v) is 2.62. The van der Waals surface area contributed by atoms with Crippen molar-refractivity contribution in [2.45, 2.75) is 25.8 Å². The number of hydrogen-bond donors (Lipinski definition) is 0. The van der Waals surface area contributed by atoms with Crippen molar-refractivity contribution in [3.05, 3.63) is 35.9 Å². The number of aromatic nitrogens is 3. The van der Waals surface area contributed by atoms with Gasteiger partial charge in [0.05, 0.1) is 11.8 Å². The first-order chi connectivity index (χ1) is 9.66. The minimum absolute atomic E-state index is 0.0274. The molecule has 20 heavy (non-hydrogen) atoms. The van der Waals surface area contributed by atoms with Gasteiger partial charge >= 0.3 is 0 Å². The van der Waals surface area contributed by atoms with Gasteiger partial charge in [-0.05, 0) is 25.3 Å². The zero-order valence-corrected chi connectivity index (χ0v) is 11.8. The molecule has 0 N–H and O–H groups in total. The number of nitrogens with zero attached hydrogens (tertiary/aromatic N) is 4. The molecule has 104 valence electrons. The van der Waals surface area contributed by atoms with E-state index in [0.29, 0.717) is 5.56 Å². The Kier molecular flexibility index (Phi) is 3.26. The lowest BCUT2D eigenvalue weighted by Gasteiger charge is -2.15. The maximum Gasteiger partial charge on any atom is 0.254 e. The number of aryl methyl sites for hydroxylation is 1. The van der Waals surface area contributed by atoms with Crippen molar-refractivity contribution in [3.8, 4) is 11.1 Å². The predicted octanol–water partition coefficient (Wildman–Crippen LogP) is 1.98. The second-order valence-electron chi connectivity index (χ2n) is 5.35. The molecule has 2 aromatic heterocycles. The summed E-state index contributed by atoms with van der Waals surface area (Å²) < 4.78 is 2.07. The average Bonchev–Trinajstić information content (AvgIpc) is 2.90. The molecule has 0 unspecified atom stereocenters. The molecule has 0 saturated heterocycles. The lowest BCUT2D eigenvalue weighted by molar-refractivity contribution is 0.0827. The summed E-state index contributed by atoms with van der Waals surface area (Å²) in [7, 11) is 3.49. The monoisotopic (exact) mass is 270 g/mol. The van der Waals surface area contributed by atoms with Gasteiger partial charge in [-0.1, -0.05) is 0 Å². The lowest BCUT2D eigenvalue weighted by Crippen LogP contribution is -2.21. The highest BCUT2D eigenvalue weighted by Gasteiger charge is 2.17. The molecular formula is C15H18N4O. The Morgan fingerprint density at radius 3 is 2.90 bits per heavy atom. The van der Waals surface area contributed by atoms with Crippen LogP contribution in [0.5, 0.6) is 0 Å². The van der Waals surface area contributed by atoms with Crippen LogP contribution >= 0.6 is 0 Å². The number of carbonyl (C=O) groups excluding carboxylic acids is 1. The first-order valence-corrected chi connectivity index (χ1v) is 6.88. The van der Waals surface area contributed by atoms with Crippen LogP contribution in [0, 0.1) is 0 Å². The largest absolute Gasteiger partial charge is 0.345 e. The van der Waals surface area contributed by atoms with Gasteiger partial charge in [-0.15, -0.1) is 0 Å². The van der Waals surface area contributed by atoms with E-state index in [1.54, 1.807) is 31.4 Å². The van der Waals surface area contributed by atoms with Crippen LogP contribution in [-0.4, -0.2) is 39.7 Å². The third kappa shape index (κ3) is 2.19. The van der Waals surface area contributed by atoms with Gasteiger partial charge in [-0.3, -0.25) is 14.5 Å². The highest BCUT2D eigenvalue weighted by molar-refractivity contribution is 5.94. The van der Waals surface area contributed by atoms with Crippen LogP contribution in [-0.2, 0) is 13.0 Å². The van der Waals surface area contributed by atoms with Crippen LogP contribution in [0.2, 0.25) is 0 Å². The van der Waals surface area contributed by atoms with Crippen molar-refractivity contribution in [2.24, 2.45) is 0 Å². The summed E-state index contributed by atoms with van der Waals surface area (Å²) in [6.07, 6.45) is 8.73. The molecule has 0 bridgehead atoms. The first-order valence-electron chi connectivity index (χ1n) is 6.88. The van der Waals surface area contributed by atoms with E-state index in [1.807, 2.05) is 12.3 Å². The van der Waals surface area contributed by atoms with Crippen LogP contribution in [0.1, 0.15) is 28.9 Å². The standard InChI is InChI=1S/C15H18N4O/c1-18(2)15(20)12-7-11(8-16-9-12)13-10-17-19-6-4-3-5-14(13)19/h7-10H,3-6H2,1-2H3. The summed E-state index contributed by atoms with van der Waals surface area (Å²) in [5.74, 6) is -0.0274. The molecule has 0 aromatic carbocycles. The van der Waals surface area contributed by atoms with E-state index < -0.39 is 0 Å². The van der Waals surface area contributed by atoms with Crippen molar-refractivity contribution in [3.63, 3.8) is 0 Å². The third-order valence-electron chi connectivity index (χ3n) is 3.68. The Morgan fingerprint density at radius 1 is 1.25 bits per heavy atom. The van der Waals surface area contributed by atoms with E-state index in [1.165, 1.54) is 18.5 Å². The molecular weight excluding hydrogens is 252 g/mol. The third-order valence-corrected chi connectivity index (χ3v) is 3.68. The van der Waals surface area contributed by atoms with Crippen molar-refractivity contribution in [1.29, 1.82) is 0 Å². The molecule has 0 fully saturated rings. The second-order valence-corrected chi connectivity index (χ2v) is 5.35. The molecule has 5 nitrogen and oxygen atoms in total. The zero-order chi connectivity index (χ0) is 14.1. The molecule has 1 aliphatic heterocycles. The molecule has 2 aromatic rings. The zero-order valence-electron chi connectivity index (χ0n) is 11.8. The molecule has 0 saturated carbocycles. The SMILES string of the molecule is CN(C)C(=O)c1cncc(-c2cnn3c2CCCC3)c1. The van der Waals surface area contributed by atoms with Crippen LogP contribution < -0.4 is 0 Å². The van der Waals surface area contributed by atoms with Gasteiger partial charge in [-0.2, -0.15) is 5.10 Å². The normalized spacial score (nSPS) is 13.9. The predicted molar refractivity (Wildman–Crippen MR) is 76.4 cm³/mol. The number of carbonyl (C=O) groups is 1. The molecule has 0 spiro atoms. The summed E-state index contributed by atoms with van der Waals surface area (Å²) in [5.41, 5.74) is 3.95. The molecule has 3 heterocycles. The molecule has 3 rings (SSSR count). The minimum atomic E-state index is -0.0274. The van der Waals surface area contributed by atoms with Crippen molar-refractivity contribution in [1.82, 2.24) is 19.7 Å². The van der Waals surface area contributed by atoms with Crippen LogP contribution in [0.4, 0.5) is 0 Å². The maximum atomic E-state index is 12.0. The molecule has 0 aliphatic carbocycles. The topological polar surface area (TPSA) is 51.0 Å². The first kappa shape index (κ1) is 12.8. The van der Waals surface area contributed by atoms with E-state index in [0.717, 1.165) is 24.1 Å². The quantitative estimate of drug-likeness (QED) is 0.838. The highest BCUT2D eigenvalue weighted by atomic mass is 16.2. The maximum absolute atomic E-state index is 12.0. The highest BCUT2D eigenvalue weighted by Crippen LogP contribution is 2.27. The Balaban J connectivity index is 2.01. The van der Waals surface area contributed by atoms with Gasteiger partial charge < -0.3 is 4.90 Å². The van der Waals surface area contributed by atoms with E-state index >= 15 is 0 Å². The van der Waals surface area contributed by atoms with Crippen LogP contribution in [0.25, 0.3) is 11.1 Å². The smallest absolute Gasteiger partial charge is 0.254 e. The van der Waals surface area contributed by atoms with Gasteiger partial charge in [0.25, 0.3) is 5.91 Å². The molecule has 1 aliphatic rings. The number of rotatable bonds is 2. The fraction of sp³-hybridized carbons (Fsp3) is 0.400. The average molecular weight is 270 g/mol. The Bertz CT molecular complexity index is 645. The van der Waals surface area contributed by atoms with Gasteiger partial charge in [0.2, 0.25) is 0 Å². The Morgan fingerprint density at radius 2 is 2.10 bits per heavy atom. The number of pyridine rings is 1. The van der Waals surface area contributed by atoms with E-state index in [-0.39, 0.29) is 5.91 Å². The molecule has 0 atom stereocenters.